The molecule has 0 heterocycles. The summed E-state index contributed by atoms with van der Waals surface area (Å²) in [5.41, 5.74) is 1.28. The molecule has 2 aromatic carbocycles. The van der Waals surface area contributed by atoms with Crippen molar-refractivity contribution >= 4 is 23.5 Å². The number of nitrogens with one attached hydrogen (secondary N) is 1. The highest BCUT2D eigenvalue weighted by atomic mass is 35.5. The van der Waals surface area contributed by atoms with Gasteiger partial charge in [0.25, 0.3) is 5.91 Å². The standard InChI is InChI=1S/C18H17ClFNO3/c19-15-7-5-13(6-8-15)11-18(23)24-12-17(22)21-10-9-14-3-1-2-4-16(14)20/h1-8H,9-12H2,(H,21,22). The van der Waals surface area contributed by atoms with Crippen LogP contribution in [0.3, 0.4) is 0 Å². The van der Waals surface area contributed by atoms with Crippen molar-refractivity contribution in [3.63, 3.8) is 0 Å². The van der Waals surface area contributed by atoms with Gasteiger partial charge >= 0.3 is 5.97 Å². The molecule has 1 amide bonds. The molecule has 0 aliphatic carbocycles. The van der Waals surface area contributed by atoms with Crippen LogP contribution in [0.1, 0.15) is 11.1 Å². The average molecular weight is 350 g/mol. The molecular weight excluding hydrogens is 333 g/mol. The van der Waals surface area contributed by atoms with Gasteiger partial charge in [0, 0.05) is 11.6 Å². The van der Waals surface area contributed by atoms with E-state index in [2.05, 4.69) is 5.32 Å². The summed E-state index contributed by atoms with van der Waals surface area (Å²) in [4.78, 5) is 23.3. The van der Waals surface area contributed by atoms with Crippen LogP contribution in [0.4, 0.5) is 4.39 Å². The smallest absolute Gasteiger partial charge is 0.310 e. The number of hydrogen-bond acceptors (Lipinski definition) is 3. The zero-order valence-corrected chi connectivity index (χ0v) is 13.7. The molecule has 6 heteroatoms. The molecule has 2 aromatic rings. The molecule has 0 spiro atoms. The fourth-order valence-electron chi connectivity index (χ4n) is 2.05. The highest BCUT2D eigenvalue weighted by Gasteiger charge is 2.09. The van der Waals surface area contributed by atoms with E-state index in [0.29, 0.717) is 17.0 Å². The number of carbonyl (C=O) groups excluding carboxylic acids is 2. The van der Waals surface area contributed by atoms with Gasteiger partial charge in [0.1, 0.15) is 5.82 Å². The minimum atomic E-state index is -0.499. The highest BCUT2D eigenvalue weighted by Crippen LogP contribution is 2.10. The molecule has 0 bridgehead atoms. The molecular formula is C18H17ClFNO3. The number of hydrogen-bond donors (Lipinski definition) is 1. The Bertz CT molecular complexity index is 704. The van der Waals surface area contributed by atoms with Crippen molar-refractivity contribution in [2.75, 3.05) is 13.2 Å². The molecule has 4 nitrogen and oxygen atoms in total. The first-order valence-corrected chi connectivity index (χ1v) is 7.82. The van der Waals surface area contributed by atoms with Crippen LogP contribution in [-0.4, -0.2) is 25.0 Å². The normalized spacial score (nSPS) is 10.2. The van der Waals surface area contributed by atoms with Crippen molar-refractivity contribution < 1.29 is 18.7 Å². The van der Waals surface area contributed by atoms with Gasteiger partial charge in [0.15, 0.2) is 6.61 Å². The lowest BCUT2D eigenvalue weighted by Crippen LogP contribution is -2.30. The van der Waals surface area contributed by atoms with E-state index in [1.807, 2.05) is 0 Å². The Kier molecular flexibility index (Phi) is 6.75. The topological polar surface area (TPSA) is 55.4 Å². The van der Waals surface area contributed by atoms with E-state index in [1.54, 1.807) is 42.5 Å². The Balaban J connectivity index is 1.66. The van der Waals surface area contributed by atoms with Crippen molar-refractivity contribution in [1.82, 2.24) is 5.32 Å². The Hall–Kier alpha value is -2.40. The summed E-state index contributed by atoms with van der Waals surface area (Å²) in [5, 5.41) is 3.17. The molecule has 1 N–H and O–H groups in total. The van der Waals surface area contributed by atoms with E-state index >= 15 is 0 Å². The van der Waals surface area contributed by atoms with Crippen molar-refractivity contribution in [3.8, 4) is 0 Å². The number of halogens is 2. The van der Waals surface area contributed by atoms with Gasteiger partial charge in [-0.15, -0.1) is 0 Å². The third-order valence-electron chi connectivity index (χ3n) is 3.30. The van der Waals surface area contributed by atoms with Gasteiger partial charge in [-0.25, -0.2) is 4.39 Å². The first-order valence-electron chi connectivity index (χ1n) is 7.45. The second-order valence-corrected chi connectivity index (χ2v) is 5.59. The zero-order chi connectivity index (χ0) is 17.4. The van der Waals surface area contributed by atoms with Crippen LogP contribution in [0.15, 0.2) is 48.5 Å². The molecule has 0 saturated heterocycles. The maximum atomic E-state index is 13.4. The summed E-state index contributed by atoms with van der Waals surface area (Å²) in [7, 11) is 0. The monoisotopic (exact) mass is 349 g/mol. The van der Waals surface area contributed by atoms with Gasteiger partial charge in [0.05, 0.1) is 6.42 Å². The van der Waals surface area contributed by atoms with E-state index in [1.165, 1.54) is 6.07 Å². The second kappa shape index (κ2) is 9.03. The average Bonchev–Trinajstić information content (AvgIpc) is 2.57. The van der Waals surface area contributed by atoms with Crippen molar-refractivity contribution in [2.45, 2.75) is 12.8 Å². The molecule has 0 radical (unpaired) electrons. The number of esters is 1. The van der Waals surface area contributed by atoms with Crippen LogP contribution >= 0.6 is 11.6 Å². The Labute approximate surface area is 144 Å². The Morgan fingerprint density at radius 1 is 1.08 bits per heavy atom. The van der Waals surface area contributed by atoms with E-state index < -0.39 is 11.9 Å². The van der Waals surface area contributed by atoms with E-state index in [-0.39, 0.29) is 25.4 Å². The maximum Gasteiger partial charge on any atom is 0.310 e. The predicted molar refractivity (Wildman–Crippen MR) is 89.2 cm³/mol. The molecule has 0 saturated carbocycles. The molecule has 0 aliphatic heterocycles. The van der Waals surface area contributed by atoms with Crippen LogP contribution < -0.4 is 5.32 Å². The molecule has 24 heavy (non-hydrogen) atoms. The van der Waals surface area contributed by atoms with Gasteiger partial charge in [-0.2, -0.15) is 0 Å². The lowest BCUT2D eigenvalue weighted by molar-refractivity contribution is -0.147. The molecule has 0 fully saturated rings. The molecule has 0 unspecified atom stereocenters. The summed E-state index contributed by atoms with van der Waals surface area (Å²) in [6, 6.07) is 13.2. The molecule has 0 aliphatic rings. The van der Waals surface area contributed by atoms with Crippen LogP contribution in [0.5, 0.6) is 0 Å². The number of carbonyl (C=O) groups is 2. The van der Waals surface area contributed by atoms with Crippen LogP contribution in [0, 0.1) is 5.82 Å². The van der Waals surface area contributed by atoms with Crippen LogP contribution in [0.25, 0.3) is 0 Å². The molecule has 126 valence electrons. The van der Waals surface area contributed by atoms with Gasteiger partial charge in [0.2, 0.25) is 0 Å². The lowest BCUT2D eigenvalue weighted by atomic mass is 10.1. The van der Waals surface area contributed by atoms with Gasteiger partial charge < -0.3 is 10.1 Å². The summed E-state index contributed by atoms with van der Waals surface area (Å²) in [5.74, 6) is -1.22. The molecule has 0 aromatic heterocycles. The van der Waals surface area contributed by atoms with Gasteiger partial charge in [-0.3, -0.25) is 9.59 Å². The number of ether oxygens (including phenoxy) is 1. The third-order valence-corrected chi connectivity index (χ3v) is 3.55. The Morgan fingerprint density at radius 2 is 1.79 bits per heavy atom. The van der Waals surface area contributed by atoms with Gasteiger partial charge in [-0.1, -0.05) is 41.9 Å². The Morgan fingerprint density at radius 3 is 2.50 bits per heavy atom. The largest absolute Gasteiger partial charge is 0.455 e. The third kappa shape index (κ3) is 6.01. The van der Waals surface area contributed by atoms with Crippen molar-refractivity contribution in [3.05, 3.63) is 70.5 Å². The van der Waals surface area contributed by atoms with Gasteiger partial charge in [-0.05, 0) is 35.7 Å². The van der Waals surface area contributed by atoms with E-state index in [0.717, 1.165) is 5.56 Å². The minimum absolute atomic E-state index is 0.0691. The fourth-order valence-corrected chi connectivity index (χ4v) is 2.18. The zero-order valence-electron chi connectivity index (χ0n) is 12.9. The number of amides is 1. The molecule has 0 atom stereocenters. The first kappa shape index (κ1) is 17.9. The molecule has 2 rings (SSSR count). The summed E-state index contributed by atoms with van der Waals surface area (Å²) < 4.78 is 18.3. The van der Waals surface area contributed by atoms with E-state index in [4.69, 9.17) is 16.3 Å². The highest BCUT2D eigenvalue weighted by molar-refractivity contribution is 6.30. The lowest BCUT2D eigenvalue weighted by Gasteiger charge is -2.07. The number of benzene rings is 2. The van der Waals surface area contributed by atoms with Crippen molar-refractivity contribution in [1.29, 1.82) is 0 Å². The quantitative estimate of drug-likeness (QED) is 0.782. The van der Waals surface area contributed by atoms with E-state index in [9.17, 15) is 14.0 Å². The summed E-state index contributed by atoms with van der Waals surface area (Å²) in [6.07, 6.45) is 0.441. The second-order valence-electron chi connectivity index (χ2n) is 5.16. The minimum Gasteiger partial charge on any atom is -0.455 e. The summed E-state index contributed by atoms with van der Waals surface area (Å²) >= 11 is 5.76. The fraction of sp³-hybridized carbons (Fsp3) is 0.222. The van der Waals surface area contributed by atoms with Crippen LogP contribution in [0.2, 0.25) is 5.02 Å². The predicted octanol–water partition coefficient (Wildman–Crippen LogP) is 2.92. The maximum absolute atomic E-state index is 13.4. The van der Waals surface area contributed by atoms with Crippen molar-refractivity contribution in [2.24, 2.45) is 0 Å². The number of rotatable bonds is 7. The first-order chi connectivity index (χ1) is 11.5. The van der Waals surface area contributed by atoms with Crippen LogP contribution in [-0.2, 0) is 27.2 Å². The SMILES string of the molecule is O=C(COC(=O)Cc1ccc(Cl)cc1)NCCc1ccccc1F. The summed E-state index contributed by atoms with van der Waals surface area (Å²) in [6.45, 7) is -0.0851.